The molecule has 0 saturated carbocycles. The molecule has 1 aromatic rings. The van der Waals surface area contributed by atoms with E-state index in [0.717, 1.165) is 22.4 Å². The summed E-state index contributed by atoms with van der Waals surface area (Å²) in [5, 5.41) is 0. The lowest BCUT2D eigenvalue weighted by atomic mass is 9.78. The van der Waals surface area contributed by atoms with E-state index in [-0.39, 0.29) is 18.9 Å². The number of ether oxygens (including phenoxy) is 3. The van der Waals surface area contributed by atoms with E-state index in [2.05, 4.69) is 0 Å². The smallest absolute Gasteiger partial charge is 0.496 e. The van der Waals surface area contributed by atoms with Gasteiger partial charge in [0, 0.05) is 11.0 Å². The summed E-state index contributed by atoms with van der Waals surface area (Å²) in [4.78, 5) is 23.6. The first-order valence-electron chi connectivity index (χ1n) is 8.10. The van der Waals surface area contributed by atoms with Crippen LogP contribution in [0, 0.1) is 19.8 Å². The number of rotatable bonds is 6. The molecule has 0 N–H and O–H groups in total. The second-order valence-corrected chi connectivity index (χ2v) is 7.15. The fourth-order valence-electron chi connectivity index (χ4n) is 2.80. The van der Waals surface area contributed by atoms with E-state index < -0.39 is 17.5 Å². The molecule has 1 rings (SSSR count). The van der Waals surface area contributed by atoms with Gasteiger partial charge < -0.3 is 14.2 Å². The Hall–Kier alpha value is -2.04. The molecule has 5 nitrogen and oxygen atoms in total. The van der Waals surface area contributed by atoms with Gasteiger partial charge in [-0.05, 0) is 37.0 Å². The number of carbonyl (C=O) groups excluding carboxylic acids is 2. The quantitative estimate of drug-likeness (QED) is 0.572. The van der Waals surface area contributed by atoms with Gasteiger partial charge in [0.15, 0.2) is 0 Å². The van der Waals surface area contributed by atoms with Gasteiger partial charge >= 0.3 is 12.1 Å². The normalized spacial score (nSPS) is 11.3. The van der Waals surface area contributed by atoms with Gasteiger partial charge in [-0.3, -0.25) is 4.79 Å². The van der Waals surface area contributed by atoms with Gasteiger partial charge in [0.1, 0.15) is 5.75 Å². The summed E-state index contributed by atoms with van der Waals surface area (Å²) in [5.41, 5.74) is 2.51. The predicted molar refractivity (Wildman–Crippen MR) is 92.4 cm³/mol. The molecule has 0 aromatic heterocycles. The average molecular weight is 336 g/mol. The molecule has 0 saturated heterocycles. The van der Waals surface area contributed by atoms with E-state index in [1.54, 1.807) is 7.11 Å². The Morgan fingerprint density at radius 1 is 1.17 bits per heavy atom. The van der Waals surface area contributed by atoms with Crippen molar-refractivity contribution in [3.05, 3.63) is 28.8 Å². The Morgan fingerprint density at radius 2 is 1.79 bits per heavy atom. The standard InChI is InChI=1S/C19H28O5/c1-12(2)11-23-18(21)24-16(20)10-19(5,6)17-14(4)8-13(3)9-15(17)22-7/h8-9,12H,10-11H2,1-7H3. The Labute approximate surface area is 144 Å². The van der Waals surface area contributed by atoms with Crippen LogP contribution in [0.2, 0.25) is 0 Å². The lowest BCUT2D eigenvalue weighted by Crippen LogP contribution is -2.27. The van der Waals surface area contributed by atoms with Crippen molar-refractivity contribution < 1.29 is 23.8 Å². The van der Waals surface area contributed by atoms with Gasteiger partial charge in [-0.1, -0.05) is 33.8 Å². The molecule has 0 amide bonds. The highest BCUT2D eigenvalue weighted by Gasteiger charge is 2.31. The molecule has 0 spiro atoms. The number of hydrogen-bond acceptors (Lipinski definition) is 5. The first-order valence-corrected chi connectivity index (χ1v) is 8.10. The number of carbonyl (C=O) groups is 2. The molecule has 0 aliphatic carbocycles. The Morgan fingerprint density at radius 3 is 2.33 bits per heavy atom. The van der Waals surface area contributed by atoms with E-state index >= 15 is 0 Å². The van der Waals surface area contributed by atoms with Crippen LogP contribution in [0.4, 0.5) is 4.79 Å². The molecule has 0 fully saturated rings. The van der Waals surface area contributed by atoms with Gasteiger partial charge in [0.25, 0.3) is 0 Å². The third-order valence-corrected chi connectivity index (χ3v) is 3.66. The molecular weight excluding hydrogens is 308 g/mol. The van der Waals surface area contributed by atoms with Crippen molar-refractivity contribution in [3.63, 3.8) is 0 Å². The van der Waals surface area contributed by atoms with Gasteiger partial charge in [0.05, 0.1) is 20.1 Å². The molecule has 134 valence electrons. The Kier molecular flexibility index (Phi) is 6.81. The zero-order chi connectivity index (χ0) is 18.5. The van der Waals surface area contributed by atoms with E-state index in [0.29, 0.717) is 0 Å². The molecular formula is C19H28O5. The van der Waals surface area contributed by atoms with E-state index in [1.165, 1.54) is 0 Å². The zero-order valence-electron chi connectivity index (χ0n) is 15.7. The van der Waals surface area contributed by atoms with Crippen molar-refractivity contribution in [2.45, 2.75) is 53.4 Å². The van der Waals surface area contributed by atoms with Crippen LogP contribution in [-0.2, 0) is 19.7 Å². The van der Waals surface area contributed by atoms with Crippen molar-refractivity contribution in [1.29, 1.82) is 0 Å². The molecule has 0 heterocycles. The lowest BCUT2D eigenvalue weighted by Gasteiger charge is -2.28. The van der Waals surface area contributed by atoms with Crippen LogP contribution in [0.5, 0.6) is 5.75 Å². The van der Waals surface area contributed by atoms with Crippen LogP contribution in [0.15, 0.2) is 12.1 Å². The minimum absolute atomic E-state index is 0.0457. The van der Waals surface area contributed by atoms with Gasteiger partial charge in [-0.25, -0.2) is 4.79 Å². The molecule has 0 aliphatic rings. The van der Waals surface area contributed by atoms with Gasteiger partial charge in [-0.15, -0.1) is 0 Å². The maximum absolute atomic E-state index is 12.1. The van der Waals surface area contributed by atoms with Crippen LogP contribution in [-0.4, -0.2) is 25.8 Å². The van der Waals surface area contributed by atoms with Gasteiger partial charge in [-0.2, -0.15) is 0 Å². The van der Waals surface area contributed by atoms with Crippen LogP contribution in [0.1, 0.15) is 50.8 Å². The van der Waals surface area contributed by atoms with E-state index in [1.807, 2.05) is 53.7 Å². The minimum atomic E-state index is -0.947. The first-order chi connectivity index (χ1) is 11.1. The number of aryl methyl sites for hydroxylation is 2. The van der Waals surface area contributed by atoms with Crippen LogP contribution < -0.4 is 4.74 Å². The molecule has 0 unspecified atom stereocenters. The first kappa shape index (κ1) is 20.0. The van der Waals surface area contributed by atoms with Crippen LogP contribution in [0.3, 0.4) is 0 Å². The van der Waals surface area contributed by atoms with Crippen LogP contribution >= 0.6 is 0 Å². The third kappa shape index (κ3) is 5.55. The number of esters is 1. The molecule has 5 heteroatoms. The molecule has 0 aliphatic heterocycles. The maximum atomic E-state index is 12.1. The predicted octanol–water partition coefficient (Wildman–Crippen LogP) is 4.32. The SMILES string of the molecule is COc1cc(C)cc(C)c1C(C)(C)CC(=O)OC(=O)OCC(C)C. The third-order valence-electron chi connectivity index (χ3n) is 3.66. The zero-order valence-corrected chi connectivity index (χ0v) is 15.7. The minimum Gasteiger partial charge on any atom is -0.496 e. The second kappa shape index (κ2) is 8.18. The molecule has 1 aromatic carbocycles. The lowest BCUT2D eigenvalue weighted by molar-refractivity contribution is -0.141. The van der Waals surface area contributed by atoms with E-state index in [9.17, 15) is 9.59 Å². The highest BCUT2D eigenvalue weighted by molar-refractivity contribution is 5.82. The maximum Gasteiger partial charge on any atom is 0.516 e. The number of methoxy groups -OCH3 is 1. The van der Waals surface area contributed by atoms with E-state index in [4.69, 9.17) is 14.2 Å². The number of benzene rings is 1. The average Bonchev–Trinajstić information content (AvgIpc) is 2.42. The van der Waals surface area contributed by atoms with Crippen molar-refractivity contribution in [1.82, 2.24) is 0 Å². The molecule has 0 radical (unpaired) electrons. The fourth-order valence-corrected chi connectivity index (χ4v) is 2.80. The summed E-state index contributed by atoms with van der Waals surface area (Å²) in [6.07, 6.45) is -0.901. The van der Waals surface area contributed by atoms with Crippen molar-refractivity contribution in [2.75, 3.05) is 13.7 Å². The summed E-state index contributed by atoms with van der Waals surface area (Å²) in [6.45, 7) is 11.9. The second-order valence-electron chi connectivity index (χ2n) is 7.15. The Bertz CT molecular complexity index is 602. The summed E-state index contributed by atoms with van der Waals surface area (Å²) in [7, 11) is 1.61. The summed E-state index contributed by atoms with van der Waals surface area (Å²) < 4.78 is 15.1. The Balaban J connectivity index is 2.86. The summed E-state index contributed by atoms with van der Waals surface area (Å²) in [5.74, 6) is 0.298. The van der Waals surface area contributed by atoms with Crippen molar-refractivity contribution in [3.8, 4) is 5.75 Å². The number of hydrogen-bond donors (Lipinski definition) is 0. The highest BCUT2D eigenvalue weighted by Crippen LogP contribution is 2.37. The van der Waals surface area contributed by atoms with Gasteiger partial charge in [0.2, 0.25) is 0 Å². The highest BCUT2D eigenvalue weighted by atomic mass is 16.7. The summed E-state index contributed by atoms with van der Waals surface area (Å²) >= 11 is 0. The van der Waals surface area contributed by atoms with Crippen molar-refractivity contribution >= 4 is 12.1 Å². The fraction of sp³-hybridized carbons (Fsp3) is 0.579. The topological polar surface area (TPSA) is 61.8 Å². The molecule has 0 atom stereocenters. The van der Waals surface area contributed by atoms with Crippen molar-refractivity contribution in [2.24, 2.45) is 5.92 Å². The molecule has 24 heavy (non-hydrogen) atoms. The monoisotopic (exact) mass is 336 g/mol. The van der Waals surface area contributed by atoms with Crippen LogP contribution in [0.25, 0.3) is 0 Å². The summed E-state index contributed by atoms with van der Waals surface area (Å²) in [6, 6.07) is 3.98. The largest absolute Gasteiger partial charge is 0.516 e. The molecule has 0 bridgehead atoms.